The summed E-state index contributed by atoms with van der Waals surface area (Å²) in [5, 5.41) is 5.67. The van der Waals surface area contributed by atoms with Gasteiger partial charge in [0, 0.05) is 78.0 Å². The average molecular weight is 641 g/mol. The van der Waals surface area contributed by atoms with E-state index in [-0.39, 0.29) is 11.8 Å². The first-order chi connectivity index (χ1) is 19.7. The molecule has 2 amide bonds. The van der Waals surface area contributed by atoms with Gasteiger partial charge in [0.2, 0.25) is 11.8 Å². The van der Waals surface area contributed by atoms with E-state index in [1.54, 1.807) is 56.5 Å². The molecule has 248 valence electrons. The lowest BCUT2D eigenvalue weighted by Gasteiger charge is -2.34. The smallest absolute Gasteiger partial charge is 0.382 e. The van der Waals surface area contributed by atoms with Gasteiger partial charge < -0.3 is 51.4 Å². The summed E-state index contributed by atoms with van der Waals surface area (Å²) in [6.45, 7) is 17.3. The fourth-order valence-corrected chi connectivity index (χ4v) is 7.89. The SMILES string of the molecule is C=C(C)C(=O)NC(C)(C)C[Si](OC)(OC)OC.C=C(C)C(=O)NCCC[Si](OCCOC)(OCCOC)OCCOC. The Labute approximate surface area is 255 Å². The van der Waals surface area contributed by atoms with E-state index in [0.29, 0.717) is 75.8 Å². The van der Waals surface area contributed by atoms with Gasteiger partial charge in [-0.15, -0.1) is 0 Å². The molecule has 0 fully saturated rings. The summed E-state index contributed by atoms with van der Waals surface area (Å²) in [5.74, 6) is -0.339. The highest BCUT2D eigenvalue weighted by Crippen LogP contribution is 2.23. The van der Waals surface area contributed by atoms with Crippen LogP contribution >= 0.6 is 0 Å². The fourth-order valence-electron chi connectivity index (χ4n) is 3.31. The Bertz CT molecular complexity index is 746. The van der Waals surface area contributed by atoms with Crippen molar-refractivity contribution in [3.8, 4) is 0 Å². The monoisotopic (exact) mass is 640 g/mol. The number of hydrogen-bond donors (Lipinski definition) is 2. The summed E-state index contributed by atoms with van der Waals surface area (Å²) in [6.07, 6.45) is 0.665. The van der Waals surface area contributed by atoms with Crippen LogP contribution in [0.4, 0.5) is 0 Å². The number of ether oxygens (including phenoxy) is 3. The molecule has 0 aromatic rings. The van der Waals surface area contributed by atoms with Gasteiger partial charge in [-0.1, -0.05) is 13.2 Å². The zero-order valence-corrected chi connectivity index (χ0v) is 29.5. The lowest BCUT2D eigenvalue weighted by atomic mass is 10.1. The molecule has 2 N–H and O–H groups in total. The van der Waals surface area contributed by atoms with Crippen LogP contribution in [-0.4, -0.2) is 124 Å². The van der Waals surface area contributed by atoms with E-state index in [1.807, 2.05) is 13.8 Å². The van der Waals surface area contributed by atoms with E-state index in [0.717, 1.165) is 0 Å². The van der Waals surface area contributed by atoms with Crippen LogP contribution in [0.1, 0.15) is 34.1 Å². The highest BCUT2D eigenvalue weighted by molar-refractivity contribution is 6.61. The van der Waals surface area contributed by atoms with Gasteiger partial charge in [-0.2, -0.15) is 0 Å². The third kappa shape index (κ3) is 19.6. The maximum atomic E-state index is 11.6. The molecule has 0 saturated heterocycles. The van der Waals surface area contributed by atoms with E-state index >= 15 is 0 Å². The van der Waals surface area contributed by atoms with Crippen LogP contribution in [0.5, 0.6) is 0 Å². The quantitative estimate of drug-likeness (QED) is 0.0912. The normalized spacial score (nSPS) is 11.9. The fraction of sp³-hybridized carbons (Fsp3) is 0.778. The van der Waals surface area contributed by atoms with Crippen molar-refractivity contribution in [2.24, 2.45) is 0 Å². The van der Waals surface area contributed by atoms with E-state index in [4.69, 9.17) is 40.8 Å². The highest BCUT2D eigenvalue weighted by atomic mass is 28.4. The van der Waals surface area contributed by atoms with Crippen LogP contribution in [0.25, 0.3) is 0 Å². The first-order valence-electron chi connectivity index (χ1n) is 13.7. The third-order valence-corrected chi connectivity index (χ3v) is 11.7. The third-order valence-electron chi connectivity index (χ3n) is 5.59. The second kappa shape index (κ2) is 23.9. The van der Waals surface area contributed by atoms with E-state index in [1.165, 1.54) is 0 Å². The summed E-state index contributed by atoms with van der Waals surface area (Å²) in [6, 6.07) is 1.06. The first kappa shape index (κ1) is 42.6. The Kier molecular flexibility index (Phi) is 24.2. The Morgan fingerprint density at radius 3 is 1.40 bits per heavy atom. The molecular formula is C27H56N2O11Si2. The van der Waals surface area contributed by atoms with E-state index in [2.05, 4.69) is 23.8 Å². The van der Waals surface area contributed by atoms with Crippen molar-refractivity contribution in [2.45, 2.75) is 51.7 Å². The van der Waals surface area contributed by atoms with E-state index < -0.39 is 23.1 Å². The van der Waals surface area contributed by atoms with Crippen LogP contribution in [0.15, 0.2) is 24.3 Å². The summed E-state index contributed by atoms with van der Waals surface area (Å²) in [5.41, 5.74) is 0.467. The molecule has 0 aliphatic carbocycles. The minimum absolute atomic E-state index is 0.159. The maximum Gasteiger partial charge on any atom is 0.502 e. The number of rotatable bonds is 24. The highest BCUT2D eigenvalue weighted by Gasteiger charge is 2.44. The Morgan fingerprint density at radius 1 is 0.667 bits per heavy atom. The maximum absolute atomic E-state index is 11.6. The van der Waals surface area contributed by atoms with Crippen molar-refractivity contribution in [2.75, 3.05) is 88.8 Å². The molecule has 0 aromatic carbocycles. The Hall–Kier alpha value is -1.51. The van der Waals surface area contributed by atoms with Gasteiger partial charge in [0.15, 0.2) is 0 Å². The van der Waals surface area contributed by atoms with Gasteiger partial charge in [0.05, 0.1) is 39.6 Å². The molecule has 13 nitrogen and oxygen atoms in total. The standard InChI is InChI=1S/C16H33NO7Si.C11H23NO4Si/c1-15(2)16(18)17-7-6-14-25(22-11-8-19-3,23-12-9-20-4)24-13-10-21-5;1-9(2)10(13)12-11(3,4)8-17(14-5,15-6)16-7/h1,6-14H2,2-5H3,(H,17,18);1,8H2,2-7H3,(H,12,13). The lowest BCUT2D eigenvalue weighted by Crippen LogP contribution is -2.54. The van der Waals surface area contributed by atoms with Crippen LogP contribution in [-0.2, 0) is 50.4 Å². The Morgan fingerprint density at radius 2 is 1.07 bits per heavy atom. The summed E-state index contributed by atoms with van der Waals surface area (Å²) in [4.78, 5) is 23.1. The molecule has 0 aliphatic rings. The van der Waals surface area contributed by atoms with Crippen LogP contribution in [0.3, 0.4) is 0 Å². The van der Waals surface area contributed by atoms with Gasteiger partial charge >= 0.3 is 17.6 Å². The molecule has 0 atom stereocenters. The first-order valence-corrected chi connectivity index (χ1v) is 17.5. The van der Waals surface area contributed by atoms with Crippen molar-refractivity contribution in [1.29, 1.82) is 0 Å². The largest absolute Gasteiger partial charge is 0.502 e. The van der Waals surface area contributed by atoms with Crippen LogP contribution < -0.4 is 10.6 Å². The number of methoxy groups -OCH3 is 3. The summed E-state index contributed by atoms with van der Waals surface area (Å²) >= 11 is 0. The second-order valence-corrected chi connectivity index (χ2v) is 15.6. The predicted molar refractivity (Wildman–Crippen MR) is 165 cm³/mol. The zero-order chi connectivity index (χ0) is 32.7. The number of amides is 2. The number of carbonyl (C=O) groups is 2. The molecule has 0 aliphatic heterocycles. The van der Waals surface area contributed by atoms with Gasteiger partial charge in [0.25, 0.3) is 0 Å². The zero-order valence-electron chi connectivity index (χ0n) is 27.5. The van der Waals surface area contributed by atoms with Crippen molar-refractivity contribution in [3.05, 3.63) is 24.3 Å². The molecule has 0 bridgehead atoms. The predicted octanol–water partition coefficient (Wildman–Crippen LogP) is 2.33. The van der Waals surface area contributed by atoms with Gasteiger partial charge in [-0.25, -0.2) is 0 Å². The van der Waals surface area contributed by atoms with Crippen molar-refractivity contribution in [3.63, 3.8) is 0 Å². The molecule has 0 aromatic heterocycles. The van der Waals surface area contributed by atoms with Crippen LogP contribution in [0.2, 0.25) is 12.1 Å². The molecular weight excluding hydrogens is 584 g/mol. The van der Waals surface area contributed by atoms with Gasteiger partial charge in [-0.3, -0.25) is 9.59 Å². The molecule has 15 heteroatoms. The molecule has 0 saturated carbocycles. The Balaban J connectivity index is 0. The number of nitrogens with one attached hydrogen (secondary N) is 2. The number of carbonyl (C=O) groups excluding carboxylic acids is 2. The van der Waals surface area contributed by atoms with Crippen molar-refractivity contribution in [1.82, 2.24) is 10.6 Å². The van der Waals surface area contributed by atoms with Crippen molar-refractivity contribution < 1.29 is 50.4 Å². The summed E-state index contributed by atoms with van der Waals surface area (Å²) < 4.78 is 49.0. The van der Waals surface area contributed by atoms with Crippen molar-refractivity contribution >= 4 is 29.4 Å². The average Bonchev–Trinajstić information content (AvgIpc) is 2.94. The molecule has 0 radical (unpaired) electrons. The molecule has 0 unspecified atom stereocenters. The molecule has 0 rings (SSSR count). The number of hydrogen-bond acceptors (Lipinski definition) is 11. The minimum Gasteiger partial charge on any atom is -0.382 e. The molecule has 0 heterocycles. The minimum atomic E-state index is -2.92. The van der Waals surface area contributed by atoms with Gasteiger partial charge in [-0.05, 0) is 34.1 Å². The molecule has 0 spiro atoms. The lowest BCUT2D eigenvalue weighted by molar-refractivity contribution is -0.119. The van der Waals surface area contributed by atoms with E-state index in [9.17, 15) is 9.59 Å². The summed E-state index contributed by atoms with van der Waals surface area (Å²) in [7, 11) is 3.86. The van der Waals surface area contributed by atoms with Crippen LogP contribution in [0, 0.1) is 0 Å². The van der Waals surface area contributed by atoms with Gasteiger partial charge in [0.1, 0.15) is 0 Å². The second-order valence-electron chi connectivity index (χ2n) is 9.94. The molecule has 42 heavy (non-hydrogen) atoms. The topological polar surface area (TPSA) is 141 Å².